The summed E-state index contributed by atoms with van der Waals surface area (Å²) in [6, 6.07) is 19.5. The van der Waals surface area contributed by atoms with Crippen LogP contribution in [0.1, 0.15) is 38.7 Å². The van der Waals surface area contributed by atoms with Crippen molar-refractivity contribution < 1.29 is 14.3 Å². The molecule has 3 atom stereocenters. The van der Waals surface area contributed by atoms with E-state index >= 15 is 0 Å². The smallest absolute Gasteiger partial charge is 0.346 e. The van der Waals surface area contributed by atoms with E-state index in [4.69, 9.17) is 9.47 Å². The third kappa shape index (κ3) is 2.73. The maximum Gasteiger partial charge on any atom is 0.346 e. The van der Waals surface area contributed by atoms with E-state index in [0.29, 0.717) is 12.4 Å². The highest BCUT2D eigenvalue weighted by molar-refractivity contribution is 5.85. The summed E-state index contributed by atoms with van der Waals surface area (Å²) in [5.41, 5.74) is 0.0109. The number of carbonyl (C=O) groups excluding carboxylic acids is 1. The van der Waals surface area contributed by atoms with Crippen LogP contribution in [0.5, 0.6) is 5.75 Å². The monoisotopic (exact) mass is 324 g/mol. The Morgan fingerprint density at radius 2 is 1.71 bits per heavy atom. The van der Waals surface area contributed by atoms with E-state index in [0.717, 1.165) is 6.42 Å². The number of rotatable bonds is 6. The van der Waals surface area contributed by atoms with E-state index in [1.54, 1.807) is 12.1 Å². The SMILES string of the molecule is CCC(C)(C(C)c1ccccc1)C1(C(=O)Oc2ccccc2)CO1. The molecule has 1 saturated heterocycles. The number of hydrogen-bond acceptors (Lipinski definition) is 3. The van der Waals surface area contributed by atoms with Gasteiger partial charge >= 0.3 is 5.97 Å². The van der Waals surface area contributed by atoms with E-state index in [2.05, 4.69) is 32.9 Å². The van der Waals surface area contributed by atoms with E-state index < -0.39 is 5.60 Å². The second-order valence-corrected chi connectivity index (χ2v) is 6.72. The van der Waals surface area contributed by atoms with Gasteiger partial charge in [-0.15, -0.1) is 0 Å². The summed E-state index contributed by atoms with van der Waals surface area (Å²) >= 11 is 0. The van der Waals surface area contributed by atoms with Gasteiger partial charge in [-0.05, 0) is 30.0 Å². The van der Waals surface area contributed by atoms with E-state index in [-0.39, 0.29) is 17.3 Å². The Labute approximate surface area is 143 Å². The quantitative estimate of drug-likeness (QED) is 0.443. The Morgan fingerprint density at radius 1 is 1.17 bits per heavy atom. The molecule has 0 spiro atoms. The van der Waals surface area contributed by atoms with Crippen molar-refractivity contribution >= 4 is 5.97 Å². The lowest BCUT2D eigenvalue weighted by atomic mass is 9.64. The number of hydrogen-bond donors (Lipinski definition) is 0. The summed E-state index contributed by atoms with van der Waals surface area (Å²) in [4.78, 5) is 12.9. The van der Waals surface area contributed by atoms with Gasteiger partial charge in [0, 0.05) is 5.41 Å². The van der Waals surface area contributed by atoms with Gasteiger partial charge in [-0.3, -0.25) is 0 Å². The number of epoxide rings is 1. The summed E-state index contributed by atoms with van der Waals surface area (Å²) in [7, 11) is 0. The van der Waals surface area contributed by atoms with Crippen LogP contribution in [-0.4, -0.2) is 18.2 Å². The Kier molecular flexibility index (Phi) is 4.46. The topological polar surface area (TPSA) is 38.8 Å². The number of benzene rings is 2. The van der Waals surface area contributed by atoms with Crippen LogP contribution in [0.4, 0.5) is 0 Å². The number of ether oxygens (including phenoxy) is 2. The van der Waals surface area contributed by atoms with Crippen molar-refractivity contribution in [3.8, 4) is 5.75 Å². The molecule has 0 N–H and O–H groups in total. The number of para-hydroxylation sites is 1. The first kappa shape index (κ1) is 16.7. The maximum absolute atomic E-state index is 12.9. The van der Waals surface area contributed by atoms with Gasteiger partial charge in [-0.2, -0.15) is 0 Å². The van der Waals surface area contributed by atoms with Crippen LogP contribution in [0.25, 0.3) is 0 Å². The fourth-order valence-electron chi connectivity index (χ4n) is 3.48. The molecule has 24 heavy (non-hydrogen) atoms. The molecule has 3 nitrogen and oxygen atoms in total. The third-order valence-electron chi connectivity index (χ3n) is 5.63. The minimum atomic E-state index is -0.868. The minimum Gasteiger partial charge on any atom is -0.424 e. The average molecular weight is 324 g/mol. The molecular weight excluding hydrogens is 300 g/mol. The maximum atomic E-state index is 12.9. The van der Waals surface area contributed by atoms with E-state index in [1.165, 1.54) is 5.56 Å². The van der Waals surface area contributed by atoms with Gasteiger partial charge < -0.3 is 9.47 Å². The molecule has 3 heteroatoms. The van der Waals surface area contributed by atoms with Crippen molar-refractivity contribution in [3.63, 3.8) is 0 Å². The van der Waals surface area contributed by atoms with Gasteiger partial charge in [0.15, 0.2) is 5.60 Å². The second kappa shape index (κ2) is 6.40. The molecule has 0 saturated carbocycles. The van der Waals surface area contributed by atoms with Crippen molar-refractivity contribution in [2.24, 2.45) is 5.41 Å². The lowest BCUT2D eigenvalue weighted by Crippen LogP contribution is -2.47. The first-order valence-corrected chi connectivity index (χ1v) is 8.50. The zero-order valence-corrected chi connectivity index (χ0v) is 14.5. The molecule has 2 aromatic carbocycles. The lowest BCUT2D eigenvalue weighted by Gasteiger charge is -2.39. The predicted octanol–water partition coefficient (Wildman–Crippen LogP) is 4.58. The van der Waals surface area contributed by atoms with E-state index in [9.17, 15) is 4.79 Å². The zero-order valence-electron chi connectivity index (χ0n) is 14.5. The molecular formula is C21H24O3. The summed E-state index contributed by atoms with van der Waals surface area (Å²) in [5, 5.41) is 0. The van der Waals surface area contributed by atoms with Crippen LogP contribution in [0.15, 0.2) is 60.7 Å². The molecule has 1 fully saturated rings. The van der Waals surface area contributed by atoms with Crippen LogP contribution in [0.3, 0.4) is 0 Å². The molecule has 0 radical (unpaired) electrons. The zero-order chi connectivity index (χ0) is 17.2. The van der Waals surface area contributed by atoms with Crippen molar-refractivity contribution in [2.75, 3.05) is 6.61 Å². The van der Waals surface area contributed by atoms with Gasteiger partial charge in [0.2, 0.25) is 0 Å². The van der Waals surface area contributed by atoms with Crippen molar-refractivity contribution in [1.82, 2.24) is 0 Å². The Hall–Kier alpha value is -2.13. The van der Waals surface area contributed by atoms with Crippen molar-refractivity contribution in [1.29, 1.82) is 0 Å². The Morgan fingerprint density at radius 3 is 2.21 bits per heavy atom. The Bertz CT molecular complexity index is 692. The first-order valence-electron chi connectivity index (χ1n) is 8.50. The van der Waals surface area contributed by atoms with Crippen molar-refractivity contribution in [2.45, 2.75) is 38.7 Å². The van der Waals surface area contributed by atoms with Gasteiger partial charge in [-0.25, -0.2) is 4.79 Å². The standard InChI is InChI=1S/C21H24O3/c1-4-20(3,16(2)17-11-7-5-8-12-17)21(15-23-21)19(22)24-18-13-9-6-10-14-18/h5-14,16H,4,15H2,1-3H3. The van der Waals surface area contributed by atoms with Crippen LogP contribution in [-0.2, 0) is 9.53 Å². The third-order valence-corrected chi connectivity index (χ3v) is 5.63. The minimum absolute atomic E-state index is 0.175. The van der Waals surface area contributed by atoms with Crippen molar-refractivity contribution in [3.05, 3.63) is 66.2 Å². The number of carbonyl (C=O) groups is 1. The molecule has 0 bridgehead atoms. The molecule has 1 aliphatic rings. The largest absolute Gasteiger partial charge is 0.424 e. The molecule has 3 rings (SSSR count). The number of esters is 1. The molecule has 1 aliphatic heterocycles. The Balaban J connectivity index is 1.87. The molecule has 0 amide bonds. The summed E-state index contributed by atoms with van der Waals surface area (Å²) in [6.45, 7) is 6.82. The molecule has 0 aromatic heterocycles. The fraction of sp³-hybridized carbons (Fsp3) is 0.381. The van der Waals surface area contributed by atoms with Gasteiger partial charge in [-0.1, -0.05) is 69.3 Å². The highest BCUT2D eigenvalue weighted by Gasteiger charge is 2.67. The highest BCUT2D eigenvalue weighted by Crippen LogP contribution is 2.55. The van der Waals surface area contributed by atoms with Crippen LogP contribution in [0.2, 0.25) is 0 Å². The lowest BCUT2D eigenvalue weighted by molar-refractivity contribution is -0.146. The van der Waals surface area contributed by atoms with Gasteiger partial charge in [0.25, 0.3) is 0 Å². The molecule has 1 heterocycles. The molecule has 2 aromatic rings. The summed E-state index contributed by atoms with van der Waals surface area (Å²) in [5.74, 6) is 0.443. The predicted molar refractivity (Wildman–Crippen MR) is 94.0 cm³/mol. The van der Waals surface area contributed by atoms with Crippen LogP contribution in [0, 0.1) is 5.41 Å². The highest BCUT2D eigenvalue weighted by atomic mass is 16.6. The summed E-state index contributed by atoms with van der Waals surface area (Å²) in [6.07, 6.45) is 0.826. The average Bonchev–Trinajstić information content (AvgIpc) is 3.44. The molecule has 126 valence electrons. The molecule has 3 unspecified atom stereocenters. The second-order valence-electron chi connectivity index (χ2n) is 6.72. The fourth-order valence-corrected chi connectivity index (χ4v) is 3.48. The van der Waals surface area contributed by atoms with Gasteiger partial charge in [0.05, 0.1) is 6.61 Å². The normalized spacial score (nSPS) is 23.1. The van der Waals surface area contributed by atoms with Crippen LogP contribution < -0.4 is 4.74 Å². The van der Waals surface area contributed by atoms with E-state index in [1.807, 2.05) is 36.4 Å². The summed E-state index contributed by atoms with van der Waals surface area (Å²) < 4.78 is 11.4. The van der Waals surface area contributed by atoms with Gasteiger partial charge in [0.1, 0.15) is 5.75 Å². The molecule has 0 aliphatic carbocycles. The van der Waals surface area contributed by atoms with Crippen LogP contribution >= 0.6 is 0 Å². The first-order chi connectivity index (χ1) is 11.5.